The van der Waals surface area contributed by atoms with Crippen LogP contribution in [-0.2, 0) is 6.54 Å². The lowest BCUT2D eigenvalue weighted by atomic mass is 10.1. The van der Waals surface area contributed by atoms with E-state index < -0.39 is 0 Å². The molecule has 0 saturated carbocycles. The van der Waals surface area contributed by atoms with Crippen LogP contribution in [0.3, 0.4) is 0 Å². The van der Waals surface area contributed by atoms with Gasteiger partial charge in [0.2, 0.25) is 0 Å². The second-order valence-corrected chi connectivity index (χ2v) is 6.18. The number of methoxy groups -OCH3 is 1. The Kier molecular flexibility index (Phi) is 4.23. The first-order valence-corrected chi connectivity index (χ1v) is 8.58. The van der Waals surface area contributed by atoms with Crippen molar-refractivity contribution in [2.24, 2.45) is 0 Å². The number of fused-ring (bicyclic) bond motifs is 2. The first kappa shape index (κ1) is 16.7. The number of nitrogens with one attached hydrogen (secondary N) is 1. The molecule has 0 saturated heterocycles. The fourth-order valence-corrected chi connectivity index (χ4v) is 3.23. The van der Waals surface area contributed by atoms with Crippen molar-refractivity contribution in [3.63, 3.8) is 0 Å². The number of H-pyrrole nitrogens is 1. The second kappa shape index (κ2) is 6.85. The molecule has 0 aliphatic rings. The Balaban J connectivity index is 1.83. The highest BCUT2D eigenvalue weighted by Gasteiger charge is 2.11. The highest BCUT2D eigenvalue weighted by Crippen LogP contribution is 2.27. The summed E-state index contributed by atoms with van der Waals surface area (Å²) in [6.45, 7) is 4.53. The Labute approximate surface area is 156 Å². The molecule has 0 fully saturated rings. The number of hydrogen-bond donors (Lipinski definition) is 1. The van der Waals surface area contributed by atoms with Crippen LogP contribution in [-0.4, -0.2) is 21.6 Å². The monoisotopic (exact) mass is 354 g/mol. The predicted molar refractivity (Wildman–Crippen MR) is 108 cm³/mol. The minimum atomic E-state index is 0.478. The zero-order valence-corrected chi connectivity index (χ0v) is 14.9. The number of aromatic amines is 1. The Morgan fingerprint density at radius 2 is 2.19 bits per heavy atom. The Hall–Kier alpha value is -3.78. The highest BCUT2D eigenvalue weighted by molar-refractivity contribution is 5.98. The third kappa shape index (κ3) is 2.98. The summed E-state index contributed by atoms with van der Waals surface area (Å²) in [7, 11) is 1.62. The minimum absolute atomic E-state index is 0.478. The van der Waals surface area contributed by atoms with Crippen LogP contribution >= 0.6 is 0 Å². The molecule has 0 amide bonds. The standard InChI is InChI=1S/C22H18N4O/c1-3-10-26-14-16(18-6-4-5-7-21(18)26)11-15(13-23)22-24-19-9-8-17(27-2)12-20(19)25-22/h3-9,11-12,14H,1,10H2,2H3,(H,24,25)/b15-11+. The maximum atomic E-state index is 9.72. The smallest absolute Gasteiger partial charge is 0.149 e. The van der Waals surface area contributed by atoms with E-state index in [2.05, 4.69) is 39.3 Å². The maximum Gasteiger partial charge on any atom is 0.149 e. The van der Waals surface area contributed by atoms with Crippen molar-refractivity contribution in [1.29, 1.82) is 5.26 Å². The maximum absolute atomic E-state index is 9.72. The van der Waals surface area contributed by atoms with Gasteiger partial charge in [-0.15, -0.1) is 6.58 Å². The van der Waals surface area contributed by atoms with Gasteiger partial charge in [-0.3, -0.25) is 0 Å². The van der Waals surface area contributed by atoms with E-state index >= 15 is 0 Å². The third-order valence-corrected chi connectivity index (χ3v) is 4.51. The number of nitrogens with zero attached hydrogens (tertiary/aromatic N) is 3. The van der Waals surface area contributed by atoms with Crippen molar-refractivity contribution in [1.82, 2.24) is 14.5 Å². The van der Waals surface area contributed by atoms with E-state index in [0.717, 1.165) is 33.2 Å². The number of para-hydroxylation sites is 1. The third-order valence-electron chi connectivity index (χ3n) is 4.51. The topological polar surface area (TPSA) is 66.6 Å². The van der Waals surface area contributed by atoms with E-state index in [1.165, 1.54) is 0 Å². The van der Waals surface area contributed by atoms with Crippen molar-refractivity contribution in [3.8, 4) is 11.8 Å². The number of imidazole rings is 1. The number of ether oxygens (including phenoxy) is 1. The van der Waals surface area contributed by atoms with Gasteiger partial charge >= 0.3 is 0 Å². The van der Waals surface area contributed by atoms with Gasteiger partial charge in [-0.1, -0.05) is 24.3 Å². The first-order chi connectivity index (χ1) is 13.2. The van der Waals surface area contributed by atoms with E-state index in [0.29, 0.717) is 17.9 Å². The van der Waals surface area contributed by atoms with Gasteiger partial charge in [0.15, 0.2) is 0 Å². The molecule has 0 unspecified atom stereocenters. The lowest BCUT2D eigenvalue weighted by Gasteiger charge is -1.98. The molecule has 0 atom stereocenters. The summed E-state index contributed by atoms with van der Waals surface area (Å²) in [5.74, 6) is 1.29. The molecule has 0 spiro atoms. The summed E-state index contributed by atoms with van der Waals surface area (Å²) < 4.78 is 7.37. The summed E-state index contributed by atoms with van der Waals surface area (Å²) in [5.41, 5.74) is 4.18. The van der Waals surface area contributed by atoms with Crippen LogP contribution in [0.25, 0.3) is 33.6 Å². The summed E-state index contributed by atoms with van der Waals surface area (Å²) in [6.07, 6.45) is 5.77. The summed E-state index contributed by atoms with van der Waals surface area (Å²) in [5, 5.41) is 10.8. The van der Waals surface area contributed by atoms with E-state index in [-0.39, 0.29) is 0 Å². The van der Waals surface area contributed by atoms with Gasteiger partial charge in [-0.2, -0.15) is 5.26 Å². The van der Waals surface area contributed by atoms with E-state index in [4.69, 9.17) is 4.74 Å². The lowest BCUT2D eigenvalue weighted by Crippen LogP contribution is -1.91. The second-order valence-electron chi connectivity index (χ2n) is 6.18. The van der Waals surface area contributed by atoms with Crippen LogP contribution in [0.15, 0.2) is 61.3 Å². The molecule has 0 radical (unpaired) electrons. The summed E-state index contributed by atoms with van der Waals surface area (Å²) in [6, 6.07) is 16.0. The number of allylic oxidation sites excluding steroid dienone is 2. The van der Waals surface area contributed by atoms with Crippen LogP contribution < -0.4 is 4.74 Å². The van der Waals surface area contributed by atoms with Gasteiger partial charge in [-0.25, -0.2) is 4.98 Å². The molecule has 0 bridgehead atoms. The highest BCUT2D eigenvalue weighted by atomic mass is 16.5. The molecular formula is C22H18N4O. The van der Waals surface area contributed by atoms with E-state index in [1.807, 2.05) is 48.7 Å². The van der Waals surface area contributed by atoms with Gasteiger partial charge in [-0.05, 0) is 24.3 Å². The number of hydrogen-bond acceptors (Lipinski definition) is 3. The molecule has 5 nitrogen and oxygen atoms in total. The molecule has 132 valence electrons. The van der Waals surface area contributed by atoms with Gasteiger partial charge in [0.1, 0.15) is 17.6 Å². The number of benzene rings is 2. The minimum Gasteiger partial charge on any atom is -0.497 e. The van der Waals surface area contributed by atoms with Crippen LogP contribution in [0, 0.1) is 11.3 Å². The zero-order chi connectivity index (χ0) is 18.8. The van der Waals surface area contributed by atoms with E-state index in [1.54, 1.807) is 7.11 Å². The molecule has 4 aromatic rings. The number of aromatic nitrogens is 3. The lowest BCUT2D eigenvalue weighted by molar-refractivity contribution is 0.415. The van der Waals surface area contributed by atoms with Gasteiger partial charge in [0.25, 0.3) is 0 Å². The predicted octanol–water partition coefficient (Wildman–Crippen LogP) is 4.78. The molecule has 2 aromatic carbocycles. The van der Waals surface area contributed by atoms with Gasteiger partial charge in [0, 0.05) is 35.3 Å². The zero-order valence-electron chi connectivity index (χ0n) is 14.9. The van der Waals surface area contributed by atoms with Gasteiger partial charge in [0.05, 0.1) is 23.7 Å². The van der Waals surface area contributed by atoms with Crippen molar-refractivity contribution in [3.05, 3.63) is 72.7 Å². The molecule has 27 heavy (non-hydrogen) atoms. The summed E-state index contributed by atoms with van der Waals surface area (Å²) in [4.78, 5) is 7.77. The molecule has 2 aromatic heterocycles. The average Bonchev–Trinajstić information content (AvgIpc) is 3.27. The van der Waals surface area contributed by atoms with Gasteiger partial charge < -0.3 is 14.3 Å². The molecular weight excluding hydrogens is 336 g/mol. The Morgan fingerprint density at radius 1 is 1.33 bits per heavy atom. The fourth-order valence-electron chi connectivity index (χ4n) is 3.23. The number of nitriles is 1. The van der Waals surface area contributed by atoms with Crippen LogP contribution in [0.5, 0.6) is 5.75 Å². The van der Waals surface area contributed by atoms with Crippen molar-refractivity contribution >= 4 is 33.6 Å². The van der Waals surface area contributed by atoms with E-state index in [9.17, 15) is 5.26 Å². The Morgan fingerprint density at radius 3 is 2.96 bits per heavy atom. The molecule has 1 N–H and O–H groups in total. The number of rotatable bonds is 5. The first-order valence-electron chi connectivity index (χ1n) is 8.58. The van der Waals surface area contributed by atoms with Crippen molar-refractivity contribution in [2.75, 3.05) is 7.11 Å². The quantitative estimate of drug-likeness (QED) is 0.414. The van der Waals surface area contributed by atoms with Crippen LogP contribution in [0.1, 0.15) is 11.4 Å². The normalized spacial score (nSPS) is 11.6. The van der Waals surface area contributed by atoms with Crippen molar-refractivity contribution in [2.45, 2.75) is 6.54 Å². The van der Waals surface area contributed by atoms with Crippen LogP contribution in [0.4, 0.5) is 0 Å². The van der Waals surface area contributed by atoms with Crippen LogP contribution in [0.2, 0.25) is 0 Å². The fraction of sp³-hybridized carbons (Fsp3) is 0.0909. The molecule has 4 rings (SSSR count). The SMILES string of the molecule is C=CCn1cc(/C=C(\C#N)c2nc3ccc(OC)cc3[nH]2)c2ccccc21. The molecule has 5 heteroatoms. The molecule has 0 aliphatic carbocycles. The molecule has 2 heterocycles. The van der Waals surface area contributed by atoms with Crippen molar-refractivity contribution < 1.29 is 4.74 Å². The summed E-state index contributed by atoms with van der Waals surface area (Å²) >= 11 is 0. The molecule has 0 aliphatic heterocycles. The largest absolute Gasteiger partial charge is 0.497 e. The Bertz CT molecular complexity index is 1220. The average molecular weight is 354 g/mol.